The van der Waals surface area contributed by atoms with Gasteiger partial charge in [0.1, 0.15) is 0 Å². The van der Waals surface area contributed by atoms with E-state index in [0.717, 1.165) is 0 Å². The van der Waals surface area contributed by atoms with E-state index in [1.54, 1.807) is 0 Å². The maximum atomic E-state index is 11.5. The van der Waals surface area contributed by atoms with Crippen molar-refractivity contribution in [1.29, 1.82) is 0 Å². The fourth-order valence-electron chi connectivity index (χ4n) is 1.07. The van der Waals surface area contributed by atoms with Gasteiger partial charge in [-0.1, -0.05) is 0 Å². The van der Waals surface area contributed by atoms with E-state index in [9.17, 15) is 4.79 Å². The van der Waals surface area contributed by atoms with Crippen LogP contribution in [0.4, 0.5) is 11.9 Å². The number of nitrogen functional groups attached to an aromatic ring is 1. The number of hydrogen-bond donors (Lipinski definition) is 3. The van der Waals surface area contributed by atoms with Crippen LogP contribution in [0.25, 0.3) is 0 Å². The van der Waals surface area contributed by atoms with Crippen molar-refractivity contribution in [2.75, 3.05) is 17.6 Å². The summed E-state index contributed by atoms with van der Waals surface area (Å²) in [4.78, 5) is 22.7. The predicted molar refractivity (Wildman–Crippen MR) is 65.6 cm³/mol. The third kappa shape index (κ3) is 5.30. The van der Waals surface area contributed by atoms with Gasteiger partial charge in [0, 0.05) is 5.54 Å². The largest absolute Gasteiger partial charge is 0.368 e. The summed E-state index contributed by atoms with van der Waals surface area (Å²) in [5.74, 6) is 0.00268. The van der Waals surface area contributed by atoms with Crippen LogP contribution in [0.15, 0.2) is 0 Å². The Morgan fingerprint density at radius 1 is 1.35 bits per heavy atom. The number of hydrogen-bond acceptors (Lipinski definition) is 6. The fraction of sp³-hybridized carbons (Fsp3) is 0.556. The molecule has 0 fully saturated rings. The van der Waals surface area contributed by atoms with Crippen LogP contribution in [-0.4, -0.2) is 32.9 Å². The first-order valence-electron chi connectivity index (χ1n) is 4.98. The Labute approximate surface area is 104 Å². The molecule has 0 bridgehead atoms. The second-order valence-electron chi connectivity index (χ2n) is 4.44. The lowest BCUT2D eigenvalue weighted by Gasteiger charge is -2.20. The third-order valence-corrected chi connectivity index (χ3v) is 1.72. The average molecular weight is 259 g/mol. The Morgan fingerprint density at radius 3 is 2.53 bits per heavy atom. The number of rotatable bonds is 3. The van der Waals surface area contributed by atoms with E-state index in [1.165, 1.54) is 0 Å². The summed E-state index contributed by atoms with van der Waals surface area (Å²) < 4.78 is 0. The predicted octanol–water partition coefficient (Wildman–Crippen LogP) is 0.434. The summed E-state index contributed by atoms with van der Waals surface area (Å²) in [5, 5.41) is 5.47. The minimum absolute atomic E-state index is 0.00345. The van der Waals surface area contributed by atoms with Gasteiger partial charge in [-0.05, 0) is 32.4 Å². The van der Waals surface area contributed by atoms with Crippen molar-refractivity contribution in [3.05, 3.63) is 5.28 Å². The minimum atomic E-state index is -0.283. The highest BCUT2D eigenvalue weighted by molar-refractivity contribution is 6.28. The third-order valence-electron chi connectivity index (χ3n) is 1.55. The molecular formula is C9H15ClN6O. The zero-order valence-electron chi connectivity index (χ0n) is 9.91. The number of nitrogens with one attached hydrogen (secondary N) is 2. The van der Waals surface area contributed by atoms with Gasteiger partial charge >= 0.3 is 0 Å². The monoisotopic (exact) mass is 258 g/mol. The van der Waals surface area contributed by atoms with E-state index in [0.29, 0.717) is 0 Å². The molecule has 1 aromatic heterocycles. The van der Waals surface area contributed by atoms with Gasteiger partial charge in [0.25, 0.3) is 0 Å². The van der Waals surface area contributed by atoms with Crippen LogP contribution in [0.2, 0.25) is 5.28 Å². The smallest absolute Gasteiger partial charge is 0.239 e. The molecule has 1 amide bonds. The normalized spacial score (nSPS) is 11.1. The number of anilines is 2. The molecule has 1 heterocycles. The van der Waals surface area contributed by atoms with Crippen LogP contribution < -0.4 is 16.4 Å². The molecule has 4 N–H and O–H groups in total. The molecule has 0 aliphatic heterocycles. The van der Waals surface area contributed by atoms with Gasteiger partial charge in [-0.3, -0.25) is 4.79 Å². The molecule has 94 valence electrons. The summed E-state index contributed by atoms with van der Waals surface area (Å²) in [6.07, 6.45) is 0. The first-order chi connectivity index (χ1) is 7.76. The molecule has 0 aliphatic rings. The minimum Gasteiger partial charge on any atom is -0.368 e. The van der Waals surface area contributed by atoms with Crippen LogP contribution in [0.3, 0.4) is 0 Å². The summed E-state index contributed by atoms with van der Waals surface area (Å²) >= 11 is 5.59. The van der Waals surface area contributed by atoms with Gasteiger partial charge in [0.2, 0.25) is 23.1 Å². The Hall–Kier alpha value is -1.63. The van der Waals surface area contributed by atoms with Crippen molar-refractivity contribution in [3.63, 3.8) is 0 Å². The number of nitrogens with zero attached hydrogens (tertiary/aromatic N) is 3. The van der Waals surface area contributed by atoms with Gasteiger partial charge in [-0.2, -0.15) is 15.0 Å². The first-order valence-corrected chi connectivity index (χ1v) is 5.36. The SMILES string of the molecule is CC(C)(C)NC(=O)CNc1nc(N)nc(Cl)n1. The van der Waals surface area contributed by atoms with Crippen LogP contribution in [0, 0.1) is 0 Å². The van der Waals surface area contributed by atoms with Crippen LogP contribution in [0.1, 0.15) is 20.8 Å². The van der Waals surface area contributed by atoms with E-state index in [4.69, 9.17) is 17.3 Å². The van der Waals surface area contributed by atoms with E-state index in [1.807, 2.05) is 20.8 Å². The summed E-state index contributed by atoms with van der Waals surface area (Å²) in [6.45, 7) is 5.71. The van der Waals surface area contributed by atoms with E-state index < -0.39 is 0 Å². The summed E-state index contributed by atoms with van der Waals surface area (Å²) in [7, 11) is 0. The van der Waals surface area contributed by atoms with Gasteiger partial charge < -0.3 is 16.4 Å². The van der Waals surface area contributed by atoms with Crippen LogP contribution in [0.5, 0.6) is 0 Å². The maximum absolute atomic E-state index is 11.5. The van der Waals surface area contributed by atoms with Gasteiger partial charge in [-0.25, -0.2) is 0 Å². The maximum Gasteiger partial charge on any atom is 0.239 e. The zero-order valence-corrected chi connectivity index (χ0v) is 10.7. The van der Waals surface area contributed by atoms with E-state index in [2.05, 4.69) is 25.6 Å². The lowest BCUT2D eigenvalue weighted by atomic mass is 10.1. The number of carbonyl (C=O) groups excluding carboxylic acids is 1. The number of amides is 1. The summed E-state index contributed by atoms with van der Waals surface area (Å²) in [5.41, 5.74) is 5.10. The highest BCUT2D eigenvalue weighted by atomic mass is 35.5. The molecule has 0 radical (unpaired) electrons. The van der Waals surface area contributed by atoms with E-state index >= 15 is 0 Å². The summed E-state index contributed by atoms with van der Waals surface area (Å²) in [6, 6.07) is 0. The standard InChI is InChI=1S/C9H15ClN6O/c1-9(2,3)16-5(17)4-12-8-14-6(10)13-7(11)15-8/h4H2,1-3H3,(H,16,17)(H3,11,12,13,14,15). The number of aromatic nitrogens is 3. The Kier molecular flexibility index (Phi) is 4.06. The van der Waals surface area contributed by atoms with Crippen molar-refractivity contribution in [2.24, 2.45) is 0 Å². The molecule has 0 unspecified atom stereocenters. The number of nitrogens with two attached hydrogens (primary N) is 1. The molecule has 0 aromatic carbocycles. The lowest BCUT2D eigenvalue weighted by molar-refractivity contribution is -0.120. The molecule has 17 heavy (non-hydrogen) atoms. The fourth-order valence-corrected chi connectivity index (χ4v) is 1.23. The molecule has 0 spiro atoms. The van der Waals surface area contributed by atoms with Crippen molar-refractivity contribution in [2.45, 2.75) is 26.3 Å². The van der Waals surface area contributed by atoms with Crippen molar-refractivity contribution in [3.8, 4) is 0 Å². The molecule has 0 saturated heterocycles. The number of carbonyl (C=O) groups is 1. The average Bonchev–Trinajstić information content (AvgIpc) is 2.10. The molecule has 8 heteroatoms. The Bertz CT molecular complexity index is 396. The zero-order chi connectivity index (χ0) is 13.1. The lowest BCUT2D eigenvalue weighted by Crippen LogP contribution is -2.43. The highest BCUT2D eigenvalue weighted by Gasteiger charge is 2.13. The molecule has 7 nitrogen and oxygen atoms in total. The topological polar surface area (TPSA) is 106 Å². The van der Waals surface area contributed by atoms with Crippen molar-refractivity contribution >= 4 is 29.4 Å². The van der Waals surface area contributed by atoms with E-state index in [-0.39, 0.29) is 35.2 Å². The van der Waals surface area contributed by atoms with Gasteiger partial charge in [0.15, 0.2) is 0 Å². The molecular weight excluding hydrogens is 244 g/mol. The molecule has 0 atom stereocenters. The molecule has 0 aliphatic carbocycles. The first kappa shape index (κ1) is 13.4. The van der Waals surface area contributed by atoms with Gasteiger partial charge in [0.05, 0.1) is 6.54 Å². The molecule has 1 rings (SSSR count). The second kappa shape index (κ2) is 5.13. The quantitative estimate of drug-likeness (QED) is 0.726. The Morgan fingerprint density at radius 2 is 2.00 bits per heavy atom. The number of halogens is 1. The van der Waals surface area contributed by atoms with Gasteiger partial charge in [-0.15, -0.1) is 0 Å². The van der Waals surface area contributed by atoms with Crippen LogP contribution in [-0.2, 0) is 4.79 Å². The Balaban J connectivity index is 2.53. The second-order valence-corrected chi connectivity index (χ2v) is 4.78. The highest BCUT2D eigenvalue weighted by Crippen LogP contribution is 2.06. The van der Waals surface area contributed by atoms with Crippen molar-refractivity contribution < 1.29 is 4.79 Å². The van der Waals surface area contributed by atoms with Crippen LogP contribution >= 0.6 is 11.6 Å². The van der Waals surface area contributed by atoms with Crippen molar-refractivity contribution in [1.82, 2.24) is 20.3 Å². The molecule has 0 saturated carbocycles. The molecule has 1 aromatic rings.